The van der Waals surface area contributed by atoms with Gasteiger partial charge >= 0.3 is 6.01 Å². The molecular weight excluding hydrogens is 290 g/mol. The van der Waals surface area contributed by atoms with Gasteiger partial charge in [-0.05, 0) is 35.4 Å². The summed E-state index contributed by atoms with van der Waals surface area (Å²) >= 11 is 0. The molecule has 114 valence electrons. The van der Waals surface area contributed by atoms with Crippen LogP contribution in [0.2, 0.25) is 0 Å². The molecule has 1 aromatic heterocycles. The van der Waals surface area contributed by atoms with E-state index in [1.807, 2.05) is 42.5 Å². The van der Waals surface area contributed by atoms with Crippen molar-refractivity contribution >= 4 is 22.5 Å². The standard InChI is InChI=1S/C18H15N3O2/c1-3-17(22)20-15-6-4-5-12(9-15)13-7-8-14-11-19-18(23-2)21-16(14)10-13/h3-11H,1H2,2H3,(H,20,22). The highest BCUT2D eigenvalue weighted by molar-refractivity contribution is 5.99. The number of methoxy groups -OCH3 is 1. The lowest BCUT2D eigenvalue weighted by Crippen LogP contribution is -2.06. The first kappa shape index (κ1) is 14.7. The maximum absolute atomic E-state index is 11.4. The molecule has 23 heavy (non-hydrogen) atoms. The van der Waals surface area contributed by atoms with Crippen molar-refractivity contribution in [3.05, 3.63) is 61.3 Å². The summed E-state index contributed by atoms with van der Waals surface area (Å²) in [6.07, 6.45) is 2.97. The van der Waals surface area contributed by atoms with Crippen LogP contribution in [0.5, 0.6) is 6.01 Å². The van der Waals surface area contributed by atoms with Crippen LogP contribution >= 0.6 is 0 Å². The number of hydrogen-bond acceptors (Lipinski definition) is 4. The minimum absolute atomic E-state index is 0.238. The van der Waals surface area contributed by atoms with Gasteiger partial charge in [0.25, 0.3) is 0 Å². The smallest absolute Gasteiger partial charge is 0.316 e. The number of carbonyl (C=O) groups is 1. The van der Waals surface area contributed by atoms with Crippen LogP contribution in [0.1, 0.15) is 0 Å². The number of anilines is 1. The van der Waals surface area contributed by atoms with Crippen LogP contribution in [-0.2, 0) is 4.79 Å². The van der Waals surface area contributed by atoms with Crippen LogP contribution in [0, 0.1) is 0 Å². The van der Waals surface area contributed by atoms with Crippen molar-refractivity contribution in [3.63, 3.8) is 0 Å². The predicted octanol–water partition coefficient (Wildman–Crippen LogP) is 3.43. The summed E-state index contributed by atoms with van der Waals surface area (Å²) < 4.78 is 5.06. The number of benzene rings is 2. The molecule has 5 heteroatoms. The van der Waals surface area contributed by atoms with Crippen molar-refractivity contribution in [1.29, 1.82) is 0 Å². The molecule has 0 atom stereocenters. The Kier molecular flexibility index (Phi) is 4.01. The largest absolute Gasteiger partial charge is 0.467 e. The maximum atomic E-state index is 11.4. The van der Waals surface area contributed by atoms with Crippen molar-refractivity contribution in [2.24, 2.45) is 0 Å². The molecule has 0 saturated carbocycles. The third kappa shape index (κ3) is 3.18. The van der Waals surface area contributed by atoms with E-state index in [9.17, 15) is 4.79 Å². The van der Waals surface area contributed by atoms with E-state index in [-0.39, 0.29) is 5.91 Å². The van der Waals surface area contributed by atoms with Crippen molar-refractivity contribution in [2.45, 2.75) is 0 Å². The molecule has 0 radical (unpaired) electrons. The quantitative estimate of drug-likeness (QED) is 0.750. The van der Waals surface area contributed by atoms with E-state index in [0.717, 1.165) is 22.0 Å². The number of amides is 1. The van der Waals surface area contributed by atoms with E-state index >= 15 is 0 Å². The number of hydrogen-bond donors (Lipinski definition) is 1. The fraction of sp³-hybridized carbons (Fsp3) is 0.0556. The average molecular weight is 305 g/mol. The fourth-order valence-corrected chi connectivity index (χ4v) is 2.25. The lowest BCUT2D eigenvalue weighted by atomic mass is 10.0. The molecule has 0 fully saturated rings. The Labute approximate surface area is 133 Å². The van der Waals surface area contributed by atoms with E-state index in [4.69, 9.17) is 4.74 Å². The molecule has 3 rings (SSSR count). The van der Waals surface area contributed by atoms with Gasteiger partial charge in [-0.2, -0.15) is 4.98 Å². The average Bonchev–Trinajstić information content (AvgIpc) is 2.60. The summed E-state index contributed by atoms with van der Waals surface area (Å²) in [6.45, 7) is 3.45. The molecule has 0 bridgehead atoms. The molecule has 0 aliphatic heterocycles. The molecule has 0 saturated heterocycles. The van der Waals surface area contributed by atoms with Crippen molar-refractivity contribution in [2.75, 3.05) is 12.4 Å². The van der Waals surface area contributed by atoms with Gasteiger partial charge < -0.3 is 10.1 Å². The van der Waals surface area contributed by atoms with Gasteiger partial charge in [-0.25, -0.2) is 4.98 Å². The molecule has 0 spiro atoms. The molecule has 1 N–H and O–H groups in total. The van der Waals surface area contributed by atoms with Crippen LogP contribution in [0.4, 0.5) is 5.69 Å². The molecule has 2 aromatic carbocycles. The molecule has 5 nitrogen and oxygen atoms in total. The number of aromatic nitrogens is 2. The summed E-state index contributed by atoms with van der Waals surface area (Å²) in [5.74, 6) is -0.238. The first-order valence-electron chi connectivity index (χ1n) is 7.04. The molecule has 0 aliphatic rings. The van der Waals surface area contributed by atoms with E-state index in [2.05, 4.69) is 21.9 Å². The lowest BCUT2D eigenvalue weighted by molar-refractivity contribution is -0.111. The highest BCUT2D eigenvalue weighted by atomic mass is 16.5. The molecule has 0 unspecified atom stereocenters. The van der Waals surface area contributed by atoms with Gasteiger partial charge in [0.2, 0.25) is 5.91 Å². The summed E-state index contributed by atoms with van der Waals surface area (Å²) in [4.78, 5) is 19.9. The Morgan fingerprint density at radius 1 is 1.22 bits per heavy atom. The Morgan fingerprint density at radius 2 is 2.04 bits per heavy atom. The SMILES string of the molecule is C=CC(=O)Nc1cccc(-c2ccc3cnc(OC)nc3c2)c1. The summed E-state index contributed by atoms with van der Waals surface area (Å²) in [5, 5.41) is 3.69. The van der Waals surface area contributed by atoms with Gasteiger partial charge in [0.1, 0.15) is 0 Å². The maximum Gasteiger partial charge on any atom is 0.316 e. The van der Waals surface area contributed by atoms with Crippen LogP contribution in [0.3, 0.4) is 0 Å². The first-order chi connectivity index (χ1) is 11.2. The molecule has 0 aliphatic carbocycles. The summed E-state index contributed by atoms with van der Waals surface area (Å²) in [7, 11) is 1.54. The summed E-state index contributed by atoms with van der Waals surface area (Å²) in [6, 6.07) is 13.8. The predicted molar refractivity (Wildman–Crippen MR) is 90.4 cm³/mol. The Bertz CT molecular complexity index is 890. The van der Waals surface area contributed by atoms with Crippen molar-refractivity contribution < 1.29 is 9.53 Å². The molecule has 1 heterocycles. The molecule has 3 aromatic rings. The van der Waals surface area contributed by atoms with Gasteiger partial charge in [0.05, 0.1) is 12.6 Å². The first-order valence-corrected chi connectivity index (χ1v) is 7.04. The van der Waals surface area contributed by atoms with Gasteiger partial charge in [0, 0.05) is 17.3 Å². The Balaban J connectivity index is 2.00. The van der Waals surface area contributed by atoms with Crippen molar-refractivity contribution in [1.82, 2.24) is 9.97 Å². The number of rotatable bonds is 4. The van der Waals surface area contributed by atoms with Crippen LogP contribution < -0.4 is 10.1 Å². The van der Waals surface area contributed by atoms with Crippen LogP contribution in [0.25, 0.3) is 22.0 Å². The summed E-state index contributed by atoms with van der Waals surface area (Å²) in [5.41, 5.74) is 3.49. The normalized spacial score (nSPS) is 10.3. The van der Waals surface area contributed by atoms with Crippen molar-refractivity contribution in [3.8, 4) is 17.1 Å². The van der Waals surface area contributed by atoms with Gasteiger partial charge in [-0.3, -0.25) is 4.79 Å². The van der Waals surface area contributed by atoms with Crippen LogP contribution in [-0.4, -0.2) is 23.0 Å². The Morgan fingerprint density at radius 3 is 2.83 bits per heavy atom. The van der Waals surface area contributed by atoms with Crippen LogP contribution in [0.15, 0.2) is 61.3 Å². The third-order valence-corrected chi connectivity index (χ3v) is 3.39. The number of nitrogens with zero attached hydrogens (tertiary/aromatic N) is 2. The van der Waals surface area contributed by atoms with E-state index in [0.29, 0.717) is 11.7 Å². The number of carbonyl (C=O) groups excluding carboxylic acids is 1. The second-order valence-electron chi connectivity index (χ2n) is 4.90. The van der Waals surface area contributed by atoms with E-state index < -0.39 is 0 Å². The highest BCUT2D eigenvalue weighted by Crippen LogP contribution is 2.26. The van der Waals surface area contributed by atoms with E-state index in [1.165, 1.54) is 13.2 Å². The zero-order valence-corrected chi connectivity index (χ0v) is 12.6. The molecular formula is C18H15N3O2. The fourth-order valence-electron chi connectivity index (χ4n) is 2.25. The third-order valence-electron chi connectivity index (χ3n) is 3.39. The topological polar surface area (TPSA) is 64.1 Å². The lowest BCUT2D eigenvalue weighted by Gasteiger charge is -2.07. The molecule has 1 amide bonds. The highest BCUT2D eigenvalue weighted by Gasteiger charge is 2.05. The Hall–Kier alpha value is -3.21. The minimum Gasteiger partial charge on any atom is -0.467 e. The minimum atomic E-state index is -0.238. The van der Waals surface area contributed by atoms with Gasteiger partial charge in [-0.15, -0.1) is 0 Å². The van der Waals surface area contributed by atoms with Gasteiger partial charge in [-0.1, -0.05) is 30.8 Å². The zero-order chi connectivity index (χ0) is 16.2. The number of fused-ring (bicyclic) bond motifs is 1. The number of nitrogens with one attached hydrogen (secondary N) is 1. The number of ether oxygens (including phenoxy) is 1. The monoisotopic (exact) mass is 305 g/mol. The zero-order valence-electron chi connectivity index (χ0n) is 12.6. The van der Waals surface area contributed by atoms with Gasteiger partial charge in [0.15, 0.2) is 0 Å². The second-order valence-corrected chi connectivity index (χ2v) is 4.90. The second kappa shape index (κ2) is 6.27. The van der Waals surface area contributed by atoms with E-state index in [1.54, 1.807) is 6.20 Å².